The maximum atomic E-state index is 13.6. The van der Waals surface area contributed by atoms with Gasteiger partial charge >= 0.3 is 0 Å². The summed E-state index contributed by atoms with van der Waals surface area (Å²) in [5, 5.41) is 0. The van der Waals surface area contributed by atoms with E-state index >= 15 is 0 Å². The van der Waals surface area contributed by atoms with Crippen LogP contribution >= 0.6 is 0 Å². The first-order valence-corrected chi connectivity index (χ1v) is 7.55. The van der Waals surface area contributed by atoms with Crippen LogP contribution in [-0.4, -0.2) is 22.6 Å². The summed E-state index contributed by atoms with van der Waals surface area (Å²) in [5.41, 5.74) is 0.125. The van der Waals surface area contributed by atoms with Gasteiger partial charge < -0.3 is 9.47 Å². The first-order chi connectivity index (χ1) is 10.4. The highest BCUT2D eigenvalue weighted by molar-refractivity contribution is 7.92. The number of ether oxygens (including phenoxy) is 2. The molecule has 0 heterocycles. The van der Waals surface area contributed by atoms with Crippen LogP contribution in [0, 0.1) is 11.6 Å². The summed E-state index contributed by atoms with van der Waals surface area (Å²) >= 11 is 0. The molecule has 2 rings (SSSR count). The Kier molecular flexibility index (Phi) is 4.51. The molecule has 0 aliphatic rings. The number of anilines is 1. The molecule has 0 radical (unpaired) electrons. The highest BCUT2D eigenvalue weighted by Crippen LogP contribution is 2.28. The van der Waals surface area contributed by atoms with Crippen molar-refractivity contribution in [1.29, 1.82) is 0 Å². The summed E-state index contributed by atoms with van der Waals surface area (Å²) < 4.78 is 63.1. The monoisotopic (exact) mass is 329 g/mol. The lowest BCUT2D eigenvalue weighted by Crippen LogP contribution is -2.15. The van der Waals surface area contributed by atoms with Crippen LogP contribution in [0.15, 0.2) is 41.3 Å². The van der Waals surface area contributed by atoms with E-state index in [4.69, 9.17) is 9.47 Å². The third kappa shape index (κ3) is 3.45. The standard InChI is InChI=1S/C14H13F2NO4S/c1-20-11-6-10(7-12(8-11)21-2)17-22(18,19)14-4-3-9(15)5-13(14)16/h3-8,17H,1-2H3. The first kappa shape index (κ1) is 16.0. The second kappa shape index (κ2) is 6.18. The number of halogens is 2. The van der Waals surface area contributed by atoms with E-state index in [0.29, 0.717) is 17.6 Å². The number of rotatable bonds is 5. The van der Waals surface area contributed by atoms with Crippen molar-refractivity contribution in [3.05, 3.63) is 48.0 Å². The Morgan fingerprint density at radius 3 is 2.05 bits per heavy atom. The molecular weight excluding hydrogens is 316 g/mol. The molecular formula is C14H13F2NO4S. The van der Waals surface area contributed by atoms with Crippen LogP contribution < -0.4 is 14.2 Å². The maximum Gasteiger partial charge on any atom is 0.264 e. The van der Waals surface area contributed by atoms with Gasteiger partial charge in [0.05, 0.1) is 19.9 Å². The van der Waals surface area contributed by atoms with Crippen molar-refractivity contribution in [3.63, 3.8) is 0 Å². The van der Waals surface area contributed by atoms with Gasteiger partial charge in [0, 0.05) is 24.3 Å². The zero-order valence-electron chi connectivity index (χ0n) is 11.8. The second-order valence-electron chi connectivity index (χ2n) is 4.28. The molecule has 5 nitrogen and oxygen atoms in total. The van der Waals surface area contributed by atoms with Gasteiger partial charge in [-0.1, -0.05) is 0 Å². The zero-order chi connectivity index (χ0) is 16.3. The topological polar surface area (TPSA) is 64.6 Å². The number of methoxy groups -OCH3 is 2. The van der Waals surface area contributed by atoms with Crippen LogP contribution in [0.25, 0.3) is 0 Å². The number of hydrogen-bond acceptors (Lipinski definition) is 4. The van der Waals surface area contributed by atoms with Gasteiger partial charge in [-0.05, 0) is 12.1 Å². The highest BCUT2D eigenvalue weighted by Gasteiger charge is 2.20. The molecule has 22 heavy (non-hydrogen) atoms. The van der Waals surface area contributed by atoms with Crippen LogP contribution in [0.1, 0.15) is 0 Å². The molecule has 0 aromatic heterocycles. The Balaban J connectivity index is 2.40. The molecule has 0 saturated carbocycles. The second-order valence-corrected chi connectivity index (χ2v) is 5.93. The van der Waals surface area contributed by atoms with Crippen molar-refractivity contribution in [2.24, 2.45) is 0 Å². The van der Waals surface area contributed by atoms with E-state index in [1.54, 1.807) is 6.07 Å². The summed E-state index contributed by atoms with van der Waals surface area (Å²) in [6.07, 6.45) is 0. The average Bonchev–Trinajstić information content (AvgIpc) is 2.45. The molecule has 2 aromatic carbocycles. The van der Waals surface area contributed by atoms with Gasteiger partial charge in [0.25, 0.3) is 10.0 Å². The summed E-state index contributed by atoms with van der Waals surface area (Å²) in [6.45, 7) is 0. The Morgan fingerprint density at radius 1 is 0.955 bits per heavy atom. The largest absolute Gasteiger partial charge is 0.497 e. The van der Waals surface area contributed by atoms with Crippen molar-refractivity contribution in [2.45, 2.75) is 4.90 Å². The van der Waals surface area contributed by atoms with Gasteiger partial charge in [0.15, 0.2) is 0 Å². The van der Waals surface area contributed by atoms with Crippen molar-refractivity contribution in [1.82, 2.24) is 0 Å². The van der Waals surface area contributed by atoms with Crippen molar-refractivity contribution >= 4 is 15.7 Å². The minimum Gasteiger partial charge on any atom is -0.497 e. The van der Waals surface area contributed by atoms with Gasteiger partial charge in [-0.2, -0.15) is 0 Å². The van der Waals surface area contributed by atoms with Gasteiger partial charge in [0.2, 0.25) is 0 Å². The molecule has 8 heteroatoms. The Bertz CT molecular complexity index is 771. The zero-order valence-corrected chi connectivity index (χ0v) is 12.6. The van der Waals surface area contributed by atoms with Crippen LogP contribution in [0.3, 0.4) is 0 Å². The van der Waals surface area contributed by atoms with E-state index in [9.17, 15) is 17.2 Å². The highest BCUT2D eigenvalue weighted by atomic mass is 32.2. The van der Waals surface area contributed by atoms with Crippen LogP contribution in [-0.2, 0) is 10.0 Å². The lowest BCUT2D eigenvalue weighted by atomic mass is 10.3. The van der Waals surface area contributed by atoms with Gasteiger partial charge in [-0.15, -0.1) is 0 Å². The normalized spacial score (nSPS) is 11.1. The quantitative estimate of drug-likeness (QED) is 0.916. The SMILES string of the molecule is COc1cc(NS(=O)(=O)c2ccc(F)cc2F)cc(OC)c1. The van der Waals surface area contributed by atoms with Crippen molar-refractivity contribution in [3.8, 4) is 11.5 Å². The smallest absolute Gasteiger partial charge is 0.264 e. The number of benzene rings is 2. The van der Waals surface area contributed by atoms with Gasteiger partial charge in [0.1, 0.15) is 28.0 Å². The molecule has 1 N–H and O–H groups in total. The van der Waals surface area contributed by atoms with E-state index in [0.717, 1.165) is 12.1 Å². The number of nitrogens with one attached hydrogen (secondary N) is 1. The molecule has 0 unspecified atom stereocenters. The first-order valence-electron chi connectivity index (χ1n) is 6.06. The molecule has 0 atom stereocenters. The lowest BCUT2D eigenvalue weighted by Gasteiger charge is -2.11. The fraction of sp³-hybridized carbons (Fsp3) is 0.143. The minimum atomic E-state index is -4.21. The summed E-state index contributed by atoms with van der Waals surface area (Å²) in [4.78, 5) is -0.657. The summed E-state index contributed by atoms with van der Waals surface area (Å²) in [5.74, 6) is -1.32. The Morgan fingerprint density at radius 2 is 1.55 bits per heavy atom. The third-order valence-corrected chi connectivity index (χ3v) is 4.20. The molecule has 0 amide bonds. The molecule has 118 valence electrons. The van der Waals surface area contributed by atoms with Crippen molar-refractivity contribution in [2.75, 3.05) is 18.9 Å². The fourth-order valence-corrected chi connectivity index (χ4v) is 2.87. The van der Waals surface area contributed by atoms with Crippen LogP contribution in [0.2, 0.25) is 0 Å². The Labute approximate surface area is 126 Å². The van der Waals surface area contributed by atoms with E-state index in [1.165, 1.54) is 26.4 Å². The predicted molar refractivity (Wildman–Crippen MR) is 76.7 cm³/mol. The molecule has 0 aliphatic carbocycles. The van der Waals surface area contributed by atoms with Crippen molar-refractivity contribution < 1.29 is 26.7 Å². The minimum absolute atomic E-state index is 0.125. The summed E-state index contributed by atoms with van der Waals surface area (Å²) in [7, 11) is -1.39. The molecule has 0 bridgehead atoms. The average molecular weight is 329 g/mol. The summed E-state index contributed by atoms with van der Waals surface area (Å²) in [6, 6.07) is 6.58. The molecule has 2 aromatic rings. The maximum absolute atomic E-state index is 13.6. The molecule has 0 aliphatic heterocycles. The number of sulfonamides is 1. The predicted octanol–water partition coefficient (Wildman–Crippen LogP) is 2.78. The third-order valence-electron chi connectivity index (χ3n) is 2.79. The van der Waals surface area contributed by atoms with E-state index in [1.807, 2.05) is 0 Å². The van der Waals surface area contributed by atoms with E-state index in [2.05, 4.69) is 4.72 Å². The molecule has 0 fully saturated rings. The Hall–Kier alpha value is -2.35. The van der Waals surface area contributed by atoms with E-state index < -0.39 is 26.6 Å². The van der Waals surface area contributed by atoms with E-state index in [-0.39, 0.29) is 5.69 Å². The molecule has 0 spiro atoms. The fourth-order valence-electron chi connectivity index (χ4n) is 1.77. The van der Waals surface area contributed by atoms with Crippen LogP contribution in [0.5, 0.6) is 11.5 Å². The molecule has 0 saturated heterocycles. The van der Waals surface area contributed by atoms with Gasteiger partial charge in [-0.3, -0.25) is 4.72 Å². The lowest BCUT2D eigenvalue weighted by molar-refractivity contribution is 0.395. The number of hydrogen-bond donors (Lipinski definition) is 1. The van der Waals surface area contributed by atoms with Gasteiger partial charge in [-0.25, -0.2) is 17.2 Å². The van der Waals surface area contributed by atoms with Crippen LogP contribution in [0.4, 0.5) is 14.5 Å².